The van der Waals surface area contributed by atoms with Crippen LogP contribution in [-0.4, -0.2) is 12.3 Å². The quantitative estimate of drug-likeness (QED) is 0.740. The van der Waals surface area contributed by atoms with Crippen LogP contribution in [0.15, 0.2) is 24.4 Å². The van der Waals surface area contributed by atoms with Crippen molar-refractivity contribution < 1.29 is 13.6 Å². The summed E-state index contributed by atoms with van der Waals surface area (Å²) in [4.78, 5) is 12.4. The Labute approximate surface area is 91.2 Å². The second-order valence-corrected chi connectivity index (χ2v) is 3.55. The fourth-order valence-corrected chi connectivity index (χ4v) is 1.53. The van der Waals surface area contributed by atoms with Crippen molar-refractivity contribution in [3.05, 3.63) is 36.0 Å². The molecule has 84 valence electrons. The standard InChI is InChI=1S/C11H10F2N2O/c12-8-6-11(9(13)5-10(8)14)15-3-1-7(16)2-4-15/h1,3,5-6H,2,4,14H2. The van der Waals surface area contributed by atoms with Gasteiger partial charge in [0.15, 0.2) is 5.78 Å². The Morgan fingerprint density at radius 3 is 2.62 bits per heavy atom. The van der Waals surface area contributed by atoms with Crippen molar-refractivity contribution in [1.82, 2.24) is 0 Å². The van der Waals surface area contributed by atoms with E-state index in [1.54, 1.807) is 0 Å². The van der Waals surface area contributed by atoms with Crippen LogP contribution in [0.1, 0.15) is 6.42 Å². The molecule has 0 unspecified atom stereocenters. The number of carbonyl (C=O) groups excluding carboxylic acids is 1. The zero-order valence-corrected chi connectivity index (χ0v) is 8.41. The zero-order valence-electron chi connectivity index (χ0n) is 8.41. The molecule has 0 fully saturated rings. The molecule has 0 aromatic heterocycles. The van der Waals surface area contributed by atoms with Crippen LogP contribution in [-0.2, 0) is 4.79 Å². The predicted molar refractivity (Wildman–Crippen MR) is 56.9 cm³/mol. The second-order valence-electron chi connectivity index (χ2n) is 3.55. The fourth-order valence-electron chi connectivity index (χ4n) is 1.53. The number of hydrogen-bond donors (Lipinski definition) is 1. The highest BCUT2D eigenvalue weighted by atomic mass is 19.1. The number of carbonyl (C=O) groups is 1. The van der Waals surface area contributed by atoms with Crippen LogP contribution < -0.4 is 10.6 Å². The van der Waals surface area contributed by atoms with Gasteiger partial charge < -0.3 is 10.6 Å². The smallest absolute Gasteiger partial charge is 0.158 e. The molecule has 0 saturated carbocycles. The molecule has 0 radical (unpaired) electrons. The first-order chi connectivity index (χ1) is 7.58. The van der Waals surface area contributed by atoms with E-state index in [0.29, 0.717) is 13.0 Å². The summed E-state index contributed by atoms with van der Waals surface area (Å²) < 4.78 is 26.7. The first-order valence-electron chi connectivity index (χ1n) is 4.80. The highest BCUT2D eigenvalue weighted by Crippen LogP contribution is 2.26. The number of hydrogen-bond acceptors (Lipinski definition) is 3. The predicted octanol–water partition coefficient (Wildman–Crippen LogP) is 1.84. The Kier molecular flexibility index (Phi) is 2.60. The van der Waals surface area contributed by atoms with Crippen LogP contribution in [0.25, 0.3) is 0 Å². The topological polar surface area (TPSA) is 46.3 Å². The van der Waals surface area contributed by atoms with Gasteiger partial charge in [0.25, 0.3) is 0 Å². The summed E-state index contributed by atoms with van der Waals surface area (Å²) in [6.07, 6.45) is 3.08. The van der Waals surface area contributed by atoms with Crippen LogP contribution in [0.5, 0.6) is 0 Å². The van der Waals surface area contributed by atoms with E-state index in [2.05, 4.69) is 0 Å². The van der Waals surface area contributed by atoms with Crippen LogP contribution in [0.4, 0.5) is 20.2 Å². The second kappa shape index (κ2) is 3.92. The summed E-state index contributed by atoms with van der Waals surface area (Å²) in [7, 11) is 0. The summed E-state index contributed by atoms with van der Waals surface area (Å²) in [5.74, 6) is -1.29. The first-order valence-corrected chi connectivity index (χ1v) is 4.80. The van der Waals surface area contributed by atoms with Gasteiger partial charge in [0.2, 0.25) is 0 Å². The minimum Gasteiger partial charge on any atom is -0.396 e. The maximum absolute atomic E-state index is 13.5. The number of nitrogen functional groups attached to an aromatic ring is 1. The Morgan fingerprint density at radius 1 is 1.25 bits per heavy atom. The number of rotatable bonds is 1. The molecule has 1 aromatic rings. The maximum Gasteiger partial charge on any atom is 0.158 e. The van der Waals surface area contributed by atoms with Crippen molar-refractivity contribution in [1.29, 1.82) is 0 Å². The highest BCUT2D eigenvalue weighted by Gasteiger charge is 2.16. The molecule has 1 aliphatic rings. The van der Waals surface area contributed by atoms with Gasteiger partial charge in [-0.05, 0) is 6.08 Å². The van der Waals surface area contributed by atoms with Gasteiger partial charge in [0, 0.05) is 31.3 Å². The fraction of sp³-hybridized carbons (Fsp3) is 0.182. The van der Waals surface area contributed by atoms with E-state index in [-0.39, 0.29) is 17.2 Å². The summed E-state index contributed by atoms with van der Waals surface area (Å²) in [6.45, 7) is 0.343. The lowest BCUT2D eigenvalue weighted by Gasteiger charge is -2.23. The Bertz CT molecular complexity index is 471. The number of nitrogens with two attached hydrogens (primary N) is 1. The average molecular weight is 224 g/mol. The third-order valence-corrected chi connectivity index (χ3v) is 2.42. The van der Waals surface area contributed by atoms with Gasteiger partial charge in [-0.3, -0.25) is 4.79 Å². The third kappa shape index (κ3) is 1.88. The van der Waals surface area contributed by atoms with Gasteiger partial charge >= 0.3 is 0 Å². The molecule has 2 N–H and O–H groups in total. The minimum atomic E-state index is -0.665. The van der Waals surface area contributed by atoms with E-state index in [0.717, 1.165) is 12.1 Å². The summed E-state index contributed by atoms with van der Waals surface area (Å²) in [5.41, 5.74) is 5.10. The molecule has 1 aromatic carbocycles. The first kappa shape index (κ1) is 10.6. The Hall–Kier alpha value is -1.91. The molecule has 0 amide bonds. The van der Waals surface area contributed by atoms with Crippen molar-refractivity contribution in [3.63, 3.8) is 0 Å². The molecule has 1 aliphatic heterocycles. The number of allylic oxidation sites excluding steroid dienone is 1. The molecule has 1 heterocycles. The van der Waals surface area contributed by atoms with E-state index in [4.69, 9.17) is 5.73 Å². The van der Waals surface area contributed by atoms with Crippen molar-refractivity contribution >= 4 is 17.2 Å². The van der Waals surface area contributed by atoms with Crippen LogP contribution >= 0.6 is 0 Å². The molecular formula is C11H10F2N2O. The largest absolute Gasteiger partial charge is 0.396 e. The Balaban J connectivity index is 2.37. The molecule has 0 saturated heterocycles. The molecule has 0 spiro atoms. The van der Waals surface area contributed by atoms with Gasteiger partial charge in [-0.1, -0.05) is 0 Å². The molecule has 0 bridgehead atoms. The van der Waals surface area contributed by atoms with Crippen molar-refractivity contribution in [3.8, 4) is 0 Å². The lowest BCUT2D eigenvalue weighted by Crippen LogP contribution is -2.25. The number of halogens is 2. The van der Waals surface area contributed by atoms with Gasteiger partial charge in [0.1, 0.15) is 11.6 Å². The minimum absolute atomic E-state index is 0.0208. The molecular weight excluding hydrogens is 214 g/mol. The summed E-state index contributed by atoms with van der Waals surface area (Å²) >= 11 is 0. The van der Waals surface area contributed by atoms with Gasteiger partial charge in [-0.2, -0.15) is 0 Å². The van der Waals surface area contributed by atoms with Crippen LogP contribution in [0.2, 0.25) is 0 Å². The van der Waals surface area contributed by atoms with E-state index in [1.807, 2.05) is 0 Å². The highest BCUT2D eigenvalue weighted by molar-refractivity contribution is 5.91. The number of ketones is 1. The van der Waals surface area contributed by atoms with Gasteiger partial charge in [0.05, 0.1) is 11.4 Å². The van der Waals surface area contributed by atoms with Crippen molar-refractivity contribution in [2.75, 3.05) is 17.2 Å². The molecule has 0 aliphatic carbocycles. The van der Waals surface area contributed by atoms with Gasteiger partial charge in [-0.25, -0.2) is 8.78 Å². The lowest BCUT2D eigenvalue weighted by molar-refractivity contribution is -0.114. The number of nitrogens with zero attached hydrogens (tertiary/aromatic N) is 1. The number of anilines is 2. The van der Waals surface area contributed by atoms with Gasteiger partial charge in [-0.15, -0.1) is 0 Å². The Morgan fingerprint density at radius 2 is 2.00 bits per heavy atom. The van der Waals surface area contributed by atoms with Crippen LogP contribution in [0, 0.1) is 11.6 Å². The third-order valence-electron chi connectivity index (χ3n) is 2.42. The molecule has 0 atom stereocenters. The lowest BCUT2D eigenvalue weighted by atomic mass is 10.1. The van der Waals surface area contributed by atoms with E-state index < -0.39 is 11.6 Å². The summed E-state index contributed by atoms with van der Waals surface area (Å²) in [5, 5.41) is 0. The maximum atomic E-state index is 13.5. The summed E-state index contributed by atoms with van der Waals surface area (Å²) in [6, 6.07) is 1.97. The zero-order chi connectivity index (χ0) is 11.7. The monoisotopic (exact) mass is 224 g/mol. The van der Waals surface area contributed by atoms with Crippen molar-refractivity contribution in [2.45, 2.75) is 6.42 Å². The van der Waals surface area contributed by atoms with E-state index >= 15 is 0 Å². The molecule has 5 heteroatoms. The van der Waals surface area contributed by atoms with E-state index in [1.165, 1.54) is 17.2 Å². The van der Waals surface area contributed by atoms with E-state index in [9.17, 15) is 13.6 Å². The normalized spacial score (nSPS) is 15.6. The molecule has 3 nitrogen and oxygen atoms in total. The number of benzene rings is 1. The SMILES string of the molecule is Nc1cc(F)c(N2C=CC(=O)CC2)cc1F. The molecule has 16 heavy (non-hydrogen) atoms. The average Bonchev–Trinajstić information content (AvgIpc) is 2.25. The van der Waals surface area contributed by atoms with Crippen molar-refractivity contribution in [2.24, 2.45) is 0 Å². The van der Waals surface area contributed by atoms with Crippen LogP contribution in [0.3, 0.4) is 0 Å². The molecule has 2 rings (SSSR count).